The predicted octanol–water partition coefficient (Wildman–Crippen LogP) is 4.69. The Hall–Kier alpha value is -2.82. The molecule has 2 atom stereocenters. The molecule has 2 aliphatic carbocycles. The summed E-state index contributed by atoms with van der Waals surface area (Å²) in [6, 6.07) is 11.3. The zero-order chi connectivity index (χ0) is 29.8. The summed E-state index contributed by atoms with van der Waals surface area (Å²) in [7, 11) is -4.25. The molecule has 1 heterocycles. The Morgan fingerprint density at radius 1 is 1.17 bits per heavy atom. The second kappa shape index (κ2) is 10.5. The minimum Gasteiger partial charge on any atom is -0.484 e. The van der Waals surface area contributed by atoms with E-state index in [1.165, 1.54) is 4.90 Å². The average Bonchev–Trinajstić information content (AvgIpc) is 3.83. The van der Waals surface area contributed by atoms with Crippen LogP contribution in [0.5, 0.6) is 5.75 Å². The van der Waals surface area contributed by atoms with E-state index in [-0.39, 0.29) is 34.5 Å². The Morgan fingerprint density at radius 2 is 1.88 bits per heavy atom. The number of nitrogens with zero attached hydrogens (tertiary/aromatic N) is 2. The molecule has 0 unspecified atom stereocenters. The van der Waals surface area contributed by atoms with Crippen molar-refractivity contribution in [2.45, 2.75) is 65.4 Å². The number of rotatable bonds is 8. The number of amides is 2. The topological polar surface area (TPSA) is 117 Å². The number of carbonyl (C=O) groups excluding carboxylic acids is 2. The number of hydrogen-bond acceptors (Lipinski definition) is 6. The molecule has 8 nitrogen and oxygen atoms in total. The average molecular weight is 675 g/mol. The summed E-state index contributed by atoms with van der Waals surface area (Å²) in [4.78, 5) is 28.3. The van der Waals surface area contributed by atoms with E-state index < -0.39 is 50.8 Å². The van der Waals surface area contributed by atoms with Crippen LogP contribution in [0, 0.1) is 11.3 Å². The molecule has 1 N–H and O–H groups in total. The summed E-state index contributed by atoms with van der Waals surface area (Å²) in [5, 5.41) is 10.6. The molecule has 5 rings (SSSR count). The summed E-state index contributed by atoms with van der Waals surface area (Å²) < 4.78 is 70.4. The van der Waals surface area contributed by atoms with Crippen LogP contribution >= 0.6 is 27.5 Å². The lowest BCUT2D eigenvalue weighted by Gasteiger charge is -2.29. The molecule has 3 aliphatic rings. The van der Waals surface area contributed by atoms with E-state index >= 15 is 0 Å². The van der Waals surface area contributed by atoms with Gasteiger partial charge in [0.05, 0.1) is 26.7 Å². The fraction of sp³-hybridized carbons (Fsp3) is 0.444. The van der Waals surface area contributed by atoms with E-state index in [1.807, 2.05) is 18.2 Å². The lowest BCUT2D eigenvalue weighted by molar-refractivity contribution is -0.153. The van der Waals surface area contributed by atoms with Gasteiger partial charge >= 0.3 is 6.18 Å². The molecule has 14 heteroatoms. The first-order chi connectivity index (χ1) is 19.2. The molecule has 1 aliphatic heterocycles. The fourth-order valence-electron chi connectivity index (χ4n) is 5.16. The molecule has 41 heavy (non-hydrogen) atoms. The third-order valence-electron chi connectivity index (χ3n) is 7.74. The van der Waals surface area contributed by atoms with Crippen molar-refractivity contribution in [1.29, 1.82) is 5.26 Å². The first-order valence-corrected chi connectivity index (χ1v) is 15.4. The first-order valence-electron chi connectivity index (χ1n) is 12.7. The van der Waals surface area contributed by atoms with Crippen LogP contribution < -0.4 is 10.1 Å². The van der Waals surface area contributed by atoms with Crippen molar-refractivity contribution >= 4 is 49.2 Å². The van der Waals surface area contributed by atoms with Crippen molar-refractivity contribution in [2.75, 3.05) is 13.2 Å². The number of ether oxygens (including phenoxy) is 1. The molecule has 2 aromatic rings. The van der Waals surface area contributed by atoms with Crippen LogP contribution in [0.4, 0.5) is 13.2 Å². The van der Waals surface area contributed by atoms with E-state index in [0.29, 0.717) is 25.7 Å². The third kappa shape index (κ3) is 5.92. The van der Waals surface area contributed by atoms with Crippen LogP contribution in [0.2, 0.25) is 5.02 Å². The van der Waals surface area contributed by atoms with E-state index in [2.05, 4.69) is 32.1 Å². The van der Waals surface area contributed by atoms with Gasteiger partial charge in [0.25, 0.3) is 0 Å². The molecule has 2 saturated carbocycles. The zero-order valence-corrected chi connectivity index (χ0v) is 24.5. The van der Waals surface area contributed by atoms with Crippen LogP contribution in [-0.2, 0) is 24.8 Å². The lowest BCUT2D eigenvalue weighted by atomic mass is 9.94. The van der Waals surface area contributed by atoms with Gasteiger partial charge in [-0.25, -0.2) is 8.42 Å². The van der Waals surface area contributed by atoms with Crippen molar-refractivity contribution in [3.8, 4) is 11.8 Å². The fourth-order valence-corrected chi connectivity index (χ4v) is 7.80. The maximum Gasteiger partial charge on any atom is 0.422 e. The first kappa shape index (κ1) is 29.7. The summed E-state index contributed by atoms with van der Waals surface area (Å²) in [5.74, 6) is -1.25. The Morgan fingerprint density at radius 3 is 2.44 bits per heavy atom. The van der Waals surface area contributed by atoms with E-state index in [9.17, 15) is 36.4 Å². The highest BCUT2D eigenvalue weighted by molar-refractivity contribution is 9.10. The third-order valence-corrected chi connectivity index (χ3v) is 10.8. The van der Waals surface area contributed by atoms with Gasteiger partial charge in [-0.2, -0.15) is 18.4 Å². The zero-order valence-electron chi connectivity index (χ0n) is 21.4. The number of benzene rings is 2. The molecular weight excluding hydrogens is 651 g/mol. The quantitative estimate of drug-likeness (QED) is 0.435. The van der Waals surface area contributed by atoms with Gasteiger partial charge in [-0.05, 0) is 61.9 Å². The molecule has 218 valence electrons. The van der Waals surface area contributed by atoms with Crippen LogP contribution in [-0.4, -0.2) is 61.3 Å². The van der Waals surface area contributed by atoms with E-state index in [4.69, 9.17) is 11.6 Å². The number of carbonyl (C=O) groups is 2. The smallest absolute Gasteiger partial charge is 0.422 e. The number of likely N-dealkylation sites (tertiary alicyclic amines) is 1. The maximum atomic E-state index is 14.0. The minimum absolute atomic E-state index is 0.237. The van der Waals surface area contributed by atoms with Gasteiger partial charge < -0.3 is 15.0 Å². The van der Waals surface area contributed by atoms with Crippen molar-refractivity contribution in [3.05, 3.63) is 57.5 Å². The number of alkyl halides is 3. The largest absolute Gasteiger partial charge is 0.484 e. The monoisotopic (exact) mass is 673 g/mol. The van der Waals surface area contributed by atoms with Crippen LogP contribution in [0.3, 0.4) is 0 Å². The molecule has 2 amide bonds. The van der Waals surface area contributed by atoms with Crippen molar-refractivity contribution in [1.82, 2.24) is 10.2 Å². The summed E-state index contributed by atoms with van der Waals surface area (Å²) in [6.07, 6.45) is -2.86. The van der Waals surface area contributed by atoms with Gasteiger partial charge in [0, 0.05) is 17.1 Å². The summed E-state index contributed by atoms with van der Waals surface area (Å²) in [6.45, 7) is -1.87. The molecule has 1 saturated heterocycles. The summed E-state index contributed by atoms with van der Waals surface area (Å²) >= 11 is 9.61. The number of nitrogens with one attached hydrogen (secondary N) is 1. The number of hydrogen-bond donors (Lipinski definition) is 1. The number of nitriles is 1. The minimum atomic E-state index is -4.59. The number of sulfone groups is 1. The van der Waals surface area contributed by atoms with Gasteiger partial charge in [0.1, 0.15) is 17.3 Å². The SMILES string of the molecule is N#CC1(NC(=O)[C@@H]2C[C@@H](S(=O)(=O)c3ccc(OCC(F)(F)F)cc3Cl)CN2C(=O)C2(c3cccc(Br)c3)CC2)CC1. The van der Waals surface area contributed by atoms with E-state index in [1.54, 1.807) is 6.07 Å². The van der Waals surface area contributed by atoms with Crippen LogP contribution in [0.25, 0.3) is 0 Å². The Labute approximate surface area is 247 Å². The van der Waals surface area contributed by atoms with E-state index in [0.717, 1.165) is 28.2 Å². The lowest BCUT2D eigenvalue weighted by Crippen LogP contribution is -2.51. The highest BCUT2D eigenvalue weighted by Gasteiger charge is 2.58. The highest BCUT2D eigenvalue weighted by Crippen LogP contribution is 2.51. The van der Waals surface area contributed by atoms with Crippen molar-refractivity contribution in [3.63, 3.8) is 0 Å². The maximum absolute atomic E-state index is 14.0. The Bertz CT molecular complexity index is 1550. The Balaban J connectivity index is 1.43. The van der Waals surface area contributed by atoms with Gasteiger partial charge in [0.2, 0.25) is 11.8 Å². The standard InChI is InChI=1S/C27H24BrClF3N3O5S/c28-17-3-1-2-16(10-17)26(8-9-26)24(37)35-13-19(12-21(35)23(36)34-25(14-33)6-7-25)41(38,39)22-5-4-18(11-20(22)29)40-15-27(30,31)32/h1-5,10-11,19,21H,6-9,12-13,15H2,(H,34,36)/t19-,21+/m1/s1. The second-order valence-electron chi connectivity index (χ2n) is 10.6. The molecule has 0 spiro atoms. The van der Waals surface area contributed by atoms with Crippen LogP contribution in [0.15, 0.2) is 51.8 Å². The molecule has 0 bridgehead atoms. The predicted molar refractivity (Wildman–Crippen MR) is 145 cm³/mol. The van der Waals surface area contributed by atoms with Gasteiger partial charge in [-0.3, -0.25) is 9.59 Å². The van der Waals surface area contributed by atoms with Crippen molar-refractivity contribution in [2.24, 2.45) is 0 Å². The molecule has 3 fully saturated rings. The second-order valence-corrected chi connectivity index (χ2v) is 14.2. The molecular formula is C27H24BrClF3N3O5S. The highest BCUT2D eigenvalue weighted by atomic mass is 79.9. The summed E-state index contributed by atoms with van der Waals surface area (Å²) in [5.41, 5.74) is -1.18. The molecule has 0 aromatic heterocycles. The molecule has 2 aromatic carbocycles. The van der Waals surface area contributed by atoms with Crippen LogP contribution in [0.1, 0.15) is 37.7 Å². The van der Waals surface area contributed by atoms with Gasteiger partial charge in [-0.1, -0.05) is 39.7 Å². The van der Waals surface area contributed by atoms with Crippen molar-refractivity contribution < 1.29 is 35.9 Å². The van der Waals surface area contributed by atoms with Gasteiger partial charge in [0.15, 0.2) is 16.4 Å². The number of halogens is 5. The van der Waals surface area contributed by atoms with Gasteiger partial charge in [-0.15, -0.1) is 0 Å². The Kier molecular flexibility index (Phi) is 7.58. The normalized spacial score (nSPS) is 22.5. The molecule has 0 radical (unpaired) electrons.